The first kappa shape index (κ1) is 17.5. The third kappa shape index (κ3) is 4.46. The van der Waals surface area contributed by atoms with E-state index in [4.69, 9.17) is 0 Å². The number of hydrogen-bond acceptors (Lipinski definition) is 3. The maximum absolute atomic E-state index is 12.6. The molecular formula is C12H17Br2NO2S2. The molecular weight excluding hydrogens is 414 g/mol. The average Bonchev–Trinajstić information content (AvgIpc) is 2.37. The molecule has 19 heavy (non-hydrogen) atoms. The molecule has 0 aliphatic rings. The van der Waals surface area contributed by atoms with Crippen LogP contribution in [0.3, 0.4) is 0 Å². The Kier molecular flexibility index (Phi) is 6.86. The van der Waals surface area contributed by atoms with Crippen molar-refractivity contribution >= 4 is 53.6 Å². The fourth-order valence-electron chi connectivity index (χ4n) is 1.54. The molecule has 0 aromatic heterocycles. The first-order chi connectivity index (χ1) is 8.80. The molecule has 0 spiro atoms. The van der Waals surface area contributed by atoms with E-state index in [1.165, 1.54) is 4.31 Å². The number of halogens is 2. The number of benzene rings is 1. The van der Waals surface area contributed by atoms with Gasteiger partial charge in [-0.1, -0.05) is 15.9 Å². The van der Waals surface area contributed by atoms with E-state index in [9.17, 15) is 8.42 Å². The van der Waals surface area contributed by atoms with E-state index in [0.717, 1.165) is 16.6 Å². The number of sulfonamides is 1. The van der Waals surface area contributed by atoms with Gasteiger partial charge in [0.05, 0.1) is 4.90 Å². The van der Waals surface area contributed by atoms with E-state index in [-0.39, 0.29) is 6.04 Å². The number of rotatable bonds is 6. The Balaban J connectivity index is 3.06. The van der Waals surface area contributed by atoms with Crippen molar-refractivity contribution in [2.24, 2.45) is 0 Å². The number of nitrogens with zero attached hydrogens (tertiary/aromatic N) is 1. The predicted molar refractivity (Wildman–Crippen MR) is 89.3 cm³/mol. The fraction of sp³-hybridized carbons (Fsp3) is 0.500. The molecule has 7 heteroatoms. The highest BCUT2D eigenvalue weighted by atomic mass is 79.9. The van der Waals surface area contributed by atoms with Crippen molar-refractivity contribution in [3.05, 3.63) is 27.1 Å². The Morgan fingerprint density at radius 1 is 1.37 bits per heavy atom. The number of hydrogen-bond donors (Lipinski definition) is 0. The van der Waals surface area contributed by atoms with Gasteiger partial charge in [-0.05, 0) is 59.5 Å². The van der Waals surface area contributed by atoms with Crippen molar-refractivity contribution in [3.63, 3.8) is 0 Å². The highest BCUT2D eigenvalue weighted by Gasteiger charge is 2.27. The zero-order valence-electron chi connectivity index (χ0n) is 11.1. The molecule has 0 aliphatic carbocycles. The van der Waals surface area contributed by atoms with Gasteiger partial charge in [0.15, 0.2) is 0 Å². The van der Waals surface area contributed by atoms with Crippen LogP contribution in [-0.4, -0.2) is 37.8 Å². The molecule has 0 amide bonds. The normalized spacial score (nSPS) is 13.8. The first-order valence-electron chi connectivity index (χ1n) is 5.72. The second-order valence-corrected chi connectivity index (χ2v) is 8.95. The van der Waals surface area contributed by atoms with Crippen molar-refractivity contribution < 1.29 is 8.42 Å². The summed E-state index contributed by atoms with van der Waals surface area (Å²) in [7, 11) is -1.84. The van der Waals surface area contributed by atoms with Gasteiger partial charge in [0.25, 0.3) is 0 Å². The lowest BCUT2D eigenvalue weighted by Crippen LogP contribution is -2.35. The molecule has 0 radical (unpaired) electrons. The molecule has 0 fully saturated rings. The molecule has 3 nitrogen and oxygen atoms in total. The number of thioether (sulfide) groups is 1. The summed E-state index contributed by atoms with van der Waals surface area (Å²) in [6.07, 6.45) is 2.86. The van der Waals surface area contributed by atoms with E-state index >= 15 is 0 Å². The Morgan fingerprint density at radius 2 is 2.00 bits per heavy atom. The van der Waals surface area contributed by atoms with E-state index in [2.05, 4.69) is 31.9 Å². The smallest absolute Gasteiger partial charge is 0.207 e. The molecule has 0 N–H and O–H groups in total. The van der Waals surface area contributed by atoms with E-state index in [1.54, 1.807) is 37.0 Å². The summed E-state index contributed by atoms with van der Waals surface area (Å²) in [5, 5.41) is 0. The van der Waals surface area contributed by atoms with E-state index in [0.29, 0.717) is 9.37 Å². The third-order valence-electron chi connectivity index (χ3n) is 2.91. The summed E-state index contributed by atoms with van der Waals surface area (Å²) < 4.78 is 27.9. The predicted octanol–water partition coefficient (Wildman–Crippen LogP) is 3.97. The Hall–Kier alpha value is 0.440. The Labute approximate surface area is 136 Å². The zero-order valence-corrected chi connectivity index (χ0v) is 15.9. The zero-order chi connectivity index (χ0) is 14.6. The van der Waals surface area contributed by atoms with Gasteiger partial charge in [-0.3, -0.25) is 0 Å². The monoisotopic (exact) mass is 429 g/mol. The van der Waals surface area contributed by atoms with Gasteiger partial charge in [0, 0.05) is 22.0 Å². The lowest BCUT2D eigenvalue weighted by Gasteiger charge is -2.24. The third-order valence-corrected chi connectivity index (χ3v) is 7.01. The topological polar surface area (TPSA) is 37.4 Å². The van der Waals surface area contributed by atoms with Crippen LogP contribution in [0.15, 0.2) is 32.0 Å². The van der Waals surface area contributed by atoms with Crippen LogP contribution in [0.25, 0.3) is 0 Å². The summed E-state index contributed by atoms with van der Waals surface area (Å²) >= 11 is 8.34. The van der Waals surface area contributed by atoms with Crippen molar-refractivity contribution in [1.29, 1.82) is 0 Å². The van der Waals surface area contributed by atoms with Crippen LogP contribution in [0.2, 0.25) is 0 Å². The lowest BCUT2D eigenvalue weighted by molar-refractivity contribution is 0.382. The molecule has 0 heterocycles. The van der Waals surface area contributed by atoms with Gasteiger partial charge in [-0.15, -0.1) is 0 Å². The minimum absolute atomic E-state index is 0.0247. The van der Waals surface area contributed by atoms with Crippen molar-refractivity contribution in [1.82, 2.24) is 4.31 Å². The summed E-state index contributed by atoms with van der Waals surface area (Å²) in [6.45, 7) is 1.93. The maximum atomic E-state index is 12.6. The molecule has 1 unspecified atom stereocenters. The van der Waals surface area contributed by atoms with Crippen molar-refractivity contribution in [2.45, 2.75) is 24.3 Å². The quantitative estimate of drug-likeness (QED) is 0.684. The van der Waals surface area contributed by atoms with Crippen molar-refractivity contribution in [2.75, 3.05) is 19.1 Å². The first-order valence-corrected chi connectivity index (χ1v) is 10.1. The molecule has 0 aliphatic heterocycles. The summed E-state index contributed by atoms with van der Waals surface area (Å²) in [5.74, 6) is 0.945. The minimum atomic E-state index is -3.47. The second kappa shape index (κ2) is 7.45. The Morgan fingerprint density at radius 3 is 2.58 bits per heavy atom. The van der Waals surface area contributed by atoms with Gasteiger partial charge in [0.1, 0.15) is 0 Å². The van der Waals surface area contributed by atoms with Crippen LogP contribution in [-0.2, 0) is 10.0 Å². The summed E-state index contributed by atoms with van der Waals surface area (Å²) in [6, 6.07) is 5.14. The molecule has 0 saturated heterocycles. The van der Waals surface area contributed by atoms with Crippen LogP contribution in [0, 0.1) is 0 Å². The highest BCUT2D eigenvalue weighted by Crippen LogP contribution is 2.29. The van der Waals surface area contributed by atoms with Gasteiger partial charge in [-0.2, -0.15) is 16.1 Å². The van der Waals surface area contributed by atoms with E-state index in [1.807, 2.05) is 13.2 Å². The average molecular weight is 431 g/mol. The molecule has 0 bridgehead atoms. The standard InChI is InChI=1S/C12H17Br2NO2S2/c1-9(6-7-18-3)15(2)19(16,17)12-8-10(13)4-5-11(12)14/h4-5,8-9H,6-7H2,1-3H3. The van der Waals surface area contributed by atoms with Gasteiger partial charge in [0.2, 0.25) is 10.0 Å². The minimum Gasteiger partial charge on any atom is -0.207 e. The maximum Gasteiger partial charge on any atom is 0.244 e. The Bertz CT molecular complexity index is 535. The second-order valence-electron chi connectivity index (χ2n) is 4.23. The molecule has 108 valence electrons. The highest BCUT2D eigenvalue weighted by molar-refractivity contribution is 9.11. The molecule has 1 rings (SSSR count). The van der Waals surface area contributed by atoms with Gasteiger partial charge >= 0.3 is 0 Å². The van der Waals surface area contributed by atoms with E-state index < -0.39 is 10.0 Å². The van der Waals surface area contributed by atoms with Crippen LogP contribution in [0.4, 0.5) is 0 Å². The lowest BCUT2D eigenvalue weighted by atomic mass is 10.3. The molecule has 1 aromatic rings. The van der Waals surface area contributed by atoms with Crippen molar-refractivity contribution in [3.8, 4) is 0 Å². The molecule has 1 aromatic carbocycles. The van der Waals surface area contributed by atoms with Crippen LogP contribution >= 0.6 is 43.6 Å². The van der Waals surface area contributed by atoms with Crippen LogP contribution < -0.4 is 0 Å². The fourth-order valence-corrected chi connectivity index (χ4v) is 4.97. The molecule has 0 saturated carbocycles. The summed E-state index contributed by atoms with van der Waals surface area (Å²) in [4.78, 5) is 0.292. The SMILES string of the molecule is CSCCC(C)N(C)S(=O)(=O)c1cc(Br)ccc1Br. The van der Waals surface area contributed by atoms with Crippen LogP contribution in [0.1, 0.15) is 13.3 Å². The van der Waals surface area contributed by atoms with Crippen LogP contribution in [0.5, 0.6) is 0 Å². The van der Waals surface area contributed by atoms with Gasteiger partial charge < -0.3 is 0 Å². The largest absolute Gasteiger partial charge is 0.244 e. The summed E-state index contributed by atoms with van der Waals surface area (Å²) in [5.41, 5.74) is 0. The van der Waals surface area contributed by atoms with Gasteiger partial charge in [-0.25, -0.2) is 8.42 Å². The molecule has 1 atom stereocenters.